The van der Waals surface area contributed by atoms with Gasteiger partial charge in [0.25, 0.3) is 0 Å². The molecule has 3 aromatic rings. The Kier molecular flexibility index (Phi) is 6.70. The van der Waals surface area contributed by atoms with Gasteiger partial charge in [0.15, 0.2) is 0 Å². The number of nitro groups is 1. The lowest BCUT2D eigenvalue weighted by Gasteiger charge is -2.32. The van der Waals surface area contributed by atoms with Gasteiger partial charge < -0.3 is 15.0 Å². The summed E-state index contributed by atoms with van der Waals surface area (Å²) in [6.45, 7) is 1.41. The molecule has 8 nitrogen and oxygen atoms in total. The molecule has 1 fully saturated rings. The first kappa shape index (κ1) is 21.8. The third-order valence-electron chi connectivity index (χ3n) is 5.68. The summed E-state index contributed by atoms with van der Waals surface area (Å²) in [7, 11) is 1.52. The molecule has 9 heteroatoms. The van der Waals surface area contributed by atoms with Gasteiger partial charge >= 0.3 is 5.69 Å². The van der Waals surface area contributed by atoms with Crippen molar-refractivity contribution in [2.24, 2.45) is 5.92 Å². The number of benzene rings is 2. The Bertz CT molecular complexity index is 1090. The number of halogens is 1. The molecule has 0 saturated carbocycles. The van der Waals surface area contributed by atoms with E-state index in [9.17, 15) is 10.1 Å². The number of hydrogen-bond acceptors (Lipinski definition) is 7. The quantitative estimate of drug-likeness (QED) is 0.385. The summed E-state index contributed by atoms with van der Waals surface area (Å²) in [5, 5.41) is 15.5. The minimum atomic E-state index is -0.440. The SMILES string of the molecule is COc1ccc(Cl)cc1Nc1ncnc(N2CCC(Cc3ccccc3)CC2)c1[N+](=O)[O-]. The molecule has 32 heavy (non-hydrogen) atoms. The predicted octanol–water partition coefficient (Wildman–Crippen LogP) is 5.25. The Hall–Kier alpha value is -3.39. The van der Waals surface area contributed by atoms with Gasteiger partial charge in [-0.1, -0.05) is 41.9 Å². The molecule has 1 aromatic heterocycles. The Morgan fingerprint density at radius 2 is 1.94 bits per heavy atom. The van der Waals surface area contributed by atoms with Crippen LogP contribution in [-0.4, -0.2) is 35.1 Å². The third-order valence-corrected chi connectivity index (χ3v) is 5.92. The fourth-order valence-electron chi connectivity index (χ4n) is 4.06. The van der Waals surface area contributed by atoms with Crippen molar-refractivity contribution in [1.82, 2.24) is 9.97 Å². The van der Waals surface area contributed by atoms with E-state index in [1.807, 2.05) is 11.0 Å². The van der Waals surface area contributed by atoms with Gasteiger partial charge in [0.1, 0.15) is 12.1 Å². The van der Waals surface area contributed by atoms with E-state index in [2.05, 4.69) is 39.6 Å². The van der Waals surface area contributed by atoms with Crippen molar-refractivity contribution in [1.29, 1.82) is 0 Å². The van der Waals surface area contributed by atoms with Crippen LogP contribution in [0.25, 0.3) is 0 Å². The highest BCUT2D eigenvalue weighted by molar-refractivity contribution is 6.31. The fourth-order valence-corrected chi connectivity index (χ4v) is 4.23. The van der Waals surface area contributed by atoms with Gasteiger partial charge in [-0.25, -0.2) is 9.97 Å². The zero-order chi connectivity index (χ0) is 22.5. The van der Waals surface area contributed by atoms with Crippen molar-refractivity contribution < 1.29 is 9.66 Å². The van der Waals surface area contributed by atoms with Crippen LogP contribution in [0.5, 0.6) is 5.75 Å². The molecule has 0 bridgehead atoms. The molecule has 0 atom stereocenters. The number of anilines is 3. The van der Waals surface area contributed by atoms with Crippen LogP contribution in [0.1, 0.15) is 18.4 Å². The largest absolute Gasteiger partial charge is 0.495 e. The number of ether oxygens (including phenoxy) is 1. The maximum atomic E-state index is 12.0. The van der Waals surface area contributed by atoms with E-state index in [1.165, 1.54) is 19.0 Å². The van der Waals surface area contributed by atoms with E-state index in [4.69, 9.17) is 16.3 Å². The van der Waals surface area contributed by atoms with Crippen LogP contribution < -0.4 is 15.0 Å². The first-order valence-corrected chi connectivity index (χ1v) is 10.8. The van der Waals surface area contributed by atoms with Crippen molar-refractivity contribution in [3.63, 3.8) is 0 Å². The summed E-state index contributed by atoms with van der Waals surface area (Å²) < 4.78 is 5.34. The maximum Gasteiger partial charge on any atom is 0.353 e. The molecule has 0 aliphatic carbocycles. The third kappa shape index (κ3) is 4.91. The monoisotopic (exact) mass is 453 g/mol. The minimum Gasteiger partial charge on any atom is -0.495 e. The zero-order valence-corrected chi connectivity index (χ0v) is 18.5. The van der Waals surface area contributed by atoms with E-state index in [0.29, 0.717) is 41.3 Å². The zero-order valence-electron chi connectivity index (χ0n) is 17.7. The summed E-state index contributed by atoms with van der Waals surface area (Å²) in [6.07, 6.45) is 4.25. The summed E-state index contributed by atoms with van der Waals surface area (Å²) >= 11 is 6.10. The van der Waals surface area contributed by atoms with Crippen LogP contribution in [0.15, 0.2) is 54.9 Å². The molecule has 1 aliphatic rings. The average molecular weight is 454 g/mol. The van der Waals surface area contributed by atoms with Crippen molar-refractivity contribution >= 4 is 34.6 Å². The number of hydrogen-bond donors (Lipinski definition) is 1. The van der Waals surface area contributed by atoms with Gasteiger partial charge in [0.05, 0.1) is 17.7 Å². The Labute approximate surface area is 191 Å². The molecule has 2 aromatic carbocycles. The molecular weight excluding hydrogens is 430 g/mol. The van der Waals surface area contributed by atoms with Crippen LogP contribution in [0.3, 0.4) is 0 Å². The van der Waals surface area contributed by atoms with Crippen molar-refractivity contribution in [2.75, 3.05) is 30.4 Å². The van der Waals surface area contributed by atoms with Crippen molar-refractivity contribution in [3.05, 3.63) is 75.6 Å². The topological polar surface area (TPSA) is 93.4 Å². The molecule has 1 N–H and O–H groups in total. The summed E-state index contributed by atoms with van der Waals surface area (Å²) in [5.41, 5.74) is 1.66. The molecule has 2 heterocycles. The van der Waals surface area contributed by atoms with Gasteiger partial charge in [-0.2, -0.15) is 0 Å². The molecule has 0 amide bonds. The smallest absolute Gasteiger partial charge is 0.353 e. The number of nitrogens with zero attached hydrogens (tertiary/aromatic N) is 4. The maximum absolute atomic E-state index is 12.0. The highest BCUT2D eigenvalue weighted by Crippen LogP contribution is 2.38. The molecule has 166 valence electrons. The van der Waals surface area contributed by atoms with Crippen LogP contribution in [0.4, 0.5) is 23.0 Å². The second-order valence-electron chi connectivity index (χ2n) is 7.74. The second-order valence-corrected chi connectivity index (χ2v) is 8.18. The second kappa shape index (κ2) is 9.82. The molecule has 0 unspecified atom stereocenters. The Balaban J connectivity index is 1.54. The van der Waals surface area contributed by atoms with Gasteiger partial charge in [0, 0.05) is 18.1 Å². The number of rotatable bonds is 7. The summed E-state index contributed by atoms with van der Waals surface area (Å²) in [4.78, 5) is 21.9. The molecule has 1 saturated heterocycles. The number of nitrogens with one attached hydrogen (secondary N) is 1. The Morgan fingerprint density at radius 3 is 2.62 bits per heavy atom. The number of piperidine rings is 1. The summed E-state index contributed by atoms with van der Waals surface area (Å²) in [5.74, 6) is 1.48. The van der Waals surface area contributed by atoms with Crippen LogP contribution in [0, 0.1) is 16.0 Å². The van der Waals surface area contributed by atoms with Crippen molar-refractivity contribution in [3.8, 4) is 5.75 Å². The average Bonchev–Trinajstić information content (AvgIpc) is 2.80. The predicted molar refractivity (Wildman–Crippen MR) is 125 cm³/mol. The number of aromatic nitrogens is 2. The lowest BCUT2D eigenvalue weighted by atomic mass is 9.90. The van der Waals surface area contributed by atoms with Crippen molar-refractivity contribution in [2.45, 2.75) is 19.3 Å². The minimum absolute atomic E-state index is 0.104. The first-order valence-electron chi connectivity index (χ1n) is 10.4. The van der Waals surface area contributed by atoms with Crippen LogP contribution in [0.2, 0.25) is 5.02 Å². The molecule has 0 spiro atoms. The van der Waals surface area contributed by atoms with E-state index < -0.39 is 4.92 Å². The molecular formula is C23H24ClN5O3. The normalized spacial score (nSPS) is 14.2. The fraction of sp³-hybridized carbons (Fsp3) is 0.304. The summed E-state index contributed by atoms with van der Waals surface area (Å²) in [6, 6.07) is 15.4. The van der Waals surface area contributed by atoms with Crippen LogP contribution in [-0.2, 0) is 6.42 Å². The van der Waals surface area contributed by atoms with E-state index in [0.717, 1.165) is 19.3 Å². The van der Waals surface area contributed by atoms with E-state index in [1.54, 1.807) is 18.2 Å². The standard InChI is InChI=1S/C23H24ClN5O3/c1-32-20-8-7-18(24)14-19(20)27-22-21(29(30)31)23(26-15-25-22)28-11-9-17(10-12-28)13-16-5-3-2-4-6-16/h2-8,14-15,17H,9-13H2,1H3,(H,25,26,27). The first-order chi connectivity index (χ1) is 15.5. The Morgan fingerprint density at radius 1 is 1.19 bits per heavy atom. The van der Waals surface area contributed by atoms with Gasteiger partial charge in [-0.3, -0.25) is 10.1 Å². The van der Waals surface area contributed by atoms with E-state index >= 15 is 0 Å². The van der Waals surface area contributed by atoms with Crippen LogP contribution >= 0.6 is 11.6 Å². The van der Waals surface area contributed by atoms with Gasteiger partial charge in [-0.05, 0) is 48.9 Å². The molecule has 0 radical (unpaired) electrons. The highest BCUT2D eigenvalue weighted by atomic mass is 35.5. The van der Waals surface area contributed by atoms with Gasteiger partial charge in [0.2, 0.25) is 11.6 Å². The molecule has 4 rings (SSSR count). The van der Waals surface area contributed by atoms with E-state index in [-0.39, 0.29) is 11.5 Å². The highest BCUT2D eigenvalue weighted by Gasteiger charge is 2.30. The lowest BCUT2D eigenvalue weighted by Crippen LogP contribution is -2.35. The lowest BCUT2D eigenvalue weighted by molar-refractivity contribution is -0.383. The molecule has 1 aliphatic heterocycles. The van der Waals surface area contributed by atoms with Gasteiger partial charge in [-0.15, -0.1) is 0 Å². The number of methoxy groups -OCH3 is 1.